The fourth-order valence-corrected chi connectivity index (χ4v) is 3.71. The maximum atomic E-state index is 12.9. The fraction of sp³-hybridized carbons (Fsp3) is 0.600. The molecule has 0 aliphatic carbocycles. The summed E-state index contributed by atoms with van der Waals surface area (Å²) in [6, 6.07) is 3.87. The van der Waals surface area contributed by atoms with Crippen LogP contribution in [0.4, 0.5) is 0 Å². The molecule has 150 valence electrons. The first-order valence-corrected chi connectivity index (χ1v) is 9.46. The van der Waals surface area contributed by atoms with Crippen LogP contribution in [0.5, 0.6) is 0 Å². The number of hydrogen-bond donors (Lipinski definition) is 3. The monoisotopic (exact) mass is 395 g/mol. The molecule has 0 radical (unpaired) electrons. The van der Waals surface area contributed by atoms with Crippen molar-refractivity contribution in [3.05, 3.63) is 39.9 Å². The summed E-state index contributed by atoms with van der Waals surface area (Å²) in [6.45, 7) is 7.19. The molecule has 3 N–H and O–H groups in total. The summed E-state index contributed by atoms with van der Waals surface area (Å²) in [5, 5.41) is 24.3. The Morgan fingerprint density at radius 3 is 2.78 bits per heavy atom. The number of aryl methyl sites for hydroxylation is 1. The second kappa shape index (κ2) is 9.15. The van der Waals surface area contributed by atoms with Gasteiger partial charge in [0.15, 0.2) is 0 Å². The first-order valence-electron chi connectivity index (χ1n) is 9.46. The second-order valence-electron chi connectivity index (χ2n) is 7.75. The topological polar surface area (TPSA) is 87.4 Å². The first-order chi connectivity index (χ1) is 12.4. The number of halogens is 1. The Labute approximate surface area is 166 Å². The van der Waals surface area contributed by atoms with Gasteiger partial charge in [0.25, 0.3) is 5.56 Å². The number of piperidine rings is 1. The average molecular weight is 396 g/mol. The van der Waals surface area contributed by atoms with Gasteiger partial charge in [0.05, 0.1) is 36.0 Å². The highest BCUT2D eigenvalue weighted by Gasteiger charge is 2.25. The minimum Gasteiger partial charge on any atom is -0.392 e. The van der Waals surface area contributed by atoms with E-state index in [2.05, 4.69) is 30.2 Å². The van der Waals surface area contributed by atoms with Gasteiger partial charge in [-0.1, -0.05) is 19.9 Å². The molecular formula is C20H30ClN3O3. The molecule has 27 heavy (non-hydrogen) atoms. The van der Waals surface area contributed by atoms with Crippen LogP contribution in [-0.2, 0) is 6.54 Å². The van der Waals surface area contributed by atoms with Gasteiger partial charge in [0.1, 0.15) is 0 Å². The van der Waals surface area contributed by atoms with Gasteiger partial charge in [-0.05, 0) is 55.8 Å². The van der Waals surface area contributed by atoms with Gasteiger partial charge in [-0.3, -0.25) is 9.36 Å². The summed E-state index contributed by atoms with van der Waals surface area (Å²) in [6.07, 6.45) is 2.46. The minimum atomic E-state index is -0.716. The van der Waals surface area contributed by atoms with E-state index in [0.717, 1.165) is 36.0 Å². The lowest BCUT2D eigenvalue weighted by atomic mass is 9.96. The number of fused-ring (bicyclic) bond motifs is 1. The number of aliphatic hydroxyl groups excluding tert-OH is 2. The van der Waals surface area contributed by atoms with Gasteiger partial charge in [0, 0.05) is 6.04 Å². The highest BCUT2D eigenvalue weighted by Crippen LogP contribution is 2.21. The van der Waals surface area contributed by atoms with Crippen LogP contribution in [-0.4, -0.2) is 44.6 Å². The molecule has 1 aromatic heterocycles. The Balaban J connectivity index is 0.00000261. The standard InChI is InChI=1S/C20H29N3O3.ClH/c1-12(2)14-7-13(3)19-16(8-14)20(26)23(11-22-19)10-15(24)9-17-18(25)5-4-6-21-17;/h7-8,11-12,15,17-18,21,24-25H,4-6,9-10H2,1-3H3;1H/t15?,17-,18+;/m1./s1. The molecule has 0 amide bonds. The van der Waals surface area contributed by atoms with E-state index in [9.17, 15) is 15.0 Å². The summed E-state index contributed by atoms with van der Waals surface area (Å²) >= 11 is 0. The van der Waals surface area contributed by atoms with Gasteiger partial charge >= 0.3 is 0 Å². The second-order valence-corrected chi connectivity index (χ2v) is 7.75. The summed E-state index contributed by atoms with van der Waals surface area (Å²) in [4.78, 5) is 17.3. The van der Waals surface area contributed by atoms with Crippen molar-refractivity contribution in [1.29, 1.82) is 0 Å². The molecule has 6 nitrogen and oxygen atoms in total. The smallest absolute Gasteiger partial charge is 0.261 e. The first kappa shape index (κ1) is 21.8. The maximum absolute atomic E-state index is 12.9. The summed E-state index contributed by atoms with van der Waals surface area (Å²) in [5.41, 5.74) is 2.69. The van der Waals surface area contributed by atoms with Crippen molar-refractivity contribution in [3.63, 3.8) is 0 Å². The number of aromatic nitrogens is 2. The zero-order valence-corrected chi connectivity index (χ0v) is 17.0. The largest absolute Gasteiger partial charge is 0.392 e. The molecule has 7 heteroatoms. The summed E-state index contributed by atoms with van der Waals surface area (Å²) in [5.74, 6) is 0.329. The van der Waals surface area contributed by atoms with Gasteiger partial charge in [-0.15, -0.1) is 12.4 Å². The van der Waals surface area contributed by atoms with E-state index in [4.69, 9.17) is 0 Å². The molecule has 0 saturated carbocycles. The van der Waals surface area contributed by atoms with Crippen molar-refractivity contribution < 1.29 is 10.2 Å². The van der Waals surface area contributed by atoms with Crippen LogP contribution in [0.15, 0.2) is 23.3 Å². The van der Waals surface area contributed by atoms with Crippen LogP contribution < -0.4 is 10.9 Å². The average Bonchev–Trinajstić information content (AvgIpc) is 2.59. The quantitative estimate of drug-likeness (QED) is 0.721. The predicted molar refractivity (Wildman–Crippen MR) is 110 cm³/mol. The number of hydrogen-bond acceptors (Lipinski definition) is 5. The third-order valence-corrected chi connectivity index (χ3v) is 5.29. The van der Waals surface area contributed by atoms with Crippen LogP contribution in [0.3, 0.4) is 0 Å². The normalized spacial score (nSPS) is 21.3. The molecule has 2 aromatic rings. The summed E-state index contributed by atoms with van der Waals surface area (Å²) < 4.78 is 1.48. The van der Waals surface area contributed by atoms with E-state index >= 15 is 0 Å². The predicted octanol–water partition coefficient (Wildman–Crippen LogP) is 2.11. The zero-order chi connectivity index (χ0) is 18.8. The molecule has 1 fully saturated rings. The minimum absolute atomic E-state index is 0. The van der Waals surface area contributed by atoms with Gasteiger partial charge in [-0.2, -0.15) is 0 Å². The molecule has 1 unspecified atom stereocenters. The fourth-order valence-electron chi connectivity index (χ4n) is 3.71. The highest BCUT2D eigenvalue weighted by atomic mass is 35.5. The number of nitrogens with zero attached hydrogens (tertiary/aromatic N) is 2. The van der Waals surface area contributed by atoms with Crippen molar-refractivity contribution in [3.8, 4) is 0 Å². The molecule has 0 spiro atoms. The van der Waals surface area contributed by atoms with Crippen LogP contribution in [0, 0.1) is 6.92 Å². The van der Waals surface area contributed by atoms with E-state index in [-0.39, 0.29) is 30.6 Å². The Kier molecular flexibility index (Phi) is 7.40. The maximum Gasteiger partial charge on any atom is 0.261 e. The molecule has 1 aliphatic rings. The van der Waals surface area contributed by atoms with Crippen LogP contribution in [0.25, 0.3) is 10.9 Å². The Bertz CT molecular complexity index is 837. The van der Waals surface area contributed by atoms with Crippen LogP contribution in [0.2, 0.25) is 0 Å². The molecule has 3 rings (SSSR count). The molecule has 0 bridgehead atoms. The lowest BCUT2D eigenvalue weighted by molar-refractivity contribution is 0.0539. The van der Waals surface area contributed by atoms with E-state index in [1.807, 2.05) is 13.0 Å². The zero-order valence-electron chi connectivity index (χ0n) is 16.2. The van der Waals surface area contributed by atoms with E-state index in [1.165, 1.54) is 10.9 Å². The number of nitrogens with one attached hydrogen (secondary N) is 1. The Morgan fingerprint density at radius 2 is 2.11 bits per heavy atom. The van der Waals surface area contributed by atoms with E-state index in [0.29, 0.717) is 17.7 Å². The third kappa shape index (κ3) is 4.88. The summed E-state index contributed by atoms with van der Waals surface area (Å²) in [7, 11) is 0. The van der Waals surface area contributed by atoms with Crippen molar-refractivity contribution >= 4 is 23.3 Å². The van der Waals surface area contributed by atoms with Gasteiger partial charge in [0.2, 0.25) is 0 Å². The van der Waals surface area contributed by atoms with Crippen molar-refractivity contribution in [2.45, 2.75) is 70.7 Å². The lowest BCUT2D eigenvalue weighted by Crippen LogP contribution is -2.47. The van der Waals surface area contributed by atoms with Gasteiger partial charge < -0.3 is 15.5 Å². The number of aliphatic hydroxyl groups is 2. The third-order valence-electron chi connectivity index (χ3n) is 5.29. The lowest BCUT2D eigenvalue weighted by Gasteiger charge is -2.30. The molecule has 1 saturated heterocycles. The SMILES string of the molecule is Cc1cc(C(C)C)cc2c(=O)n(CC(O)C[C@H]3NCCC[C@@H]3O)cnc12.Cl. The van der Waals surface area contributed by atoms with Crippen molar-refractivity contribution in [2.75, 3.05) is 6.54 Å². The van der Waals surface area contributed by atoms with Crippen molar-refractivity contribution in [2.24, 2.45) is 0 Å². The molecule has 1 aromatic carbocycles. The van der Waals surface area contributed by atoms with Crippen molar-refractivity contribution in [1.82, 2.24) is 14.9 Å². The molecule has 1 aliphatic heterocycles. The van der Waals surface area contributed by atoms with E-state index in [1.54, 1.807) is 0 Å². The Hall–Kier alpha value is -1.47. The van der Waals surface area contributed by atoms with Crippen LogP contribution in [0.1, 0.15) is 50.2 Å². The molecular weight excluding hydrogens is 366 g/mol. The number of benzene rings is 1. The van der Waals surface area contributed by atoms with Crippen LogP contribution >= 0.6 is 12.4 Å². The molecule has 3 atom stereocenters. The van der Waals surface area contributed by atoms with Gasteiger partial charge in [-0.25, -0.2) is 4.98 Å². The molecule has 2 heterocycles. The van der Waals surface area contributed by atoms with E-state index < -0.39 is 12.2 Å². The Morgan fingerprint density at radius 1 is 1.37 bits per heavy atom. The number of rotatable bonds is 5. The highest BCUT2D eigenvalue weighted by molar-refractivity contribution is 5.85.